The van der Waals surface area contributed by atoms with E-state index in [0.29, 0.717) is 11.8 Å². The van der Waals surface area contributed by atoms with E-state index >= 15 is 0 Å². The van der Waals surface area contributed by atoms with Crippen molar-refractivity contribution in [2.75, 3.05) is 13.1 Å². The maximum absolute atomic E-state index is 13.8. The van der Waals surface area contributed by atoms with Crippen molar-refractivity contribution in [2.24, 2.45) is 0 Å². The molecule has 2 aromatic rings. The van der Waals surface area contributed by atoms with E-state index < -0.39 is 27.8 Å². The number of hydrogen-bond acceptors (Lipinski definition) is 6. The van der Waals surface area contributed by atoms with Crippen molar-refractivity contribution in [2.45, 2.75) is 6.42 Å². The lowest BCUT2D eigenvalue weighted by Gasteiger charge is -2.13. The topological polar surface area (TPSA) is 110 Å². The number of nitrogens with zero attached hydrogens (tertiary/aromatic N) is 2. The summed E-state index contributed by atoms with van der Waals surface area (Å²) in [4.78, 5) is 48.1. The zero-order chi connectivity index (χ0) is 21.7. The number of carbonyl (C=O) groups is 3. The molecule has 154 valence electrons. The molecule has 0 atom stereocenters. The molecule has 10 heteroatoms. The van der Waals surface area contributed by atoms with E-state index in [1.165, 1.54) is 42.5 Å². The van der Waals surface area contributed by atoms with Crippen LogP contribution >= 0.6 is 11.8 Å². The van der Waals surface area contributed by atoms with Crippen LogP contribution in [0.15, 0.2) is 53.4 Å². The maximum Gasteiger partial charge on any atom is 0.293 e. The Bertz CT molecular complexity index is 1060. The summed E-state index contributed by atoms with van der Waals surface area (Å²) in [7, 11) is 0. The molecule has 3 rings (SSSR count). The molecular formula is C20H16FN3O5S. The Morgan fingerprint density at radius 3 is 2.60 bits per heavy atom. The minimum absolute atomic E-state index is 0.00944. The Labute approximate surface area is 174 Å². The standard InChI is InChI=1S/C20H16FN3O5S/c21-15-7-3-1-5-13(15)11-17-19(26)23(20(27)30-17)10-9-22-18(25)12-14-6-2-4-8-16(14)24(28)29/h1-8,11H,9-10,12H2,(H,22,25)/b17-11-. The van der Waals surface area contributed by atoms with Crippen LogP contribution in [-0.2, 0) is 16.0 Å². The third-order valence-electron chi connectivity index (χ3n) is 4.26. The smallest absolute Gasteiger partial charge is 0.293 e. The van der Waals surface area contributed by atoms with Gasteiger partial charge in [0.2, 0.25) is 5.91 Å². The molecule has 0 aromatic heterocycles. The van der Waals surface area contributed by atoms with E-state index in [9.17, 15) is 28.9 Å². The second-order valence-corrected chi connectivity index (χ2v) is 7.26. The van der Waals surface area contributed by atoms with Gasteiger partial charge in [0.25, 0.3) is 16.8 Å². The Hall–Kier alpha value is -3.53. The van der Waals surface area contributed by atoms with E-state index in [4.69, 9.17) is 0 Å². The number of benzene rings is 2. The van der Waals surface area contributed by atoms with Gasteiger partial charge in [-0.2, -0.15) is 0 Å². The Balaban J connectivity index is 1.57. The summed E-state index contributed by atoms with van der Waals surface area (Å²) in [5.74, 6) is -1.55. The number of nitro groups is 1. The molecule has 0 saturated carbocycles. The molecule has 0 radical (unpaired) electrons. The highest BCUT2D eigenvalue weighted by Crippen LogP contribution is 2.32. The molecule has 1 fully saturated rings. The first-order chi connectivity index (χ1) is 14.4. The minimum atomic E-state index is -0.568. The van der Waals surface area contributed by atoms with Crippen LogP contribution in [0.5, 0.6) is 0 Å². The maximum atomic E-state index is 13.8. The average Bonchev–Trinajstić information content (AvgIpc) is 2.97. The van der Waals surface area contributed by atoms with Crippen molar-refractivity contribution in [1.82, 2.24) is 10.2 Å². The number of amides is 3. The van der Waals surface area contributed by atoms with Gasteiger partial charge < -0.3 is 5.32 Å². The third-order valence-corrected chi connectivity index (χ3v) is 5.17. The van der Waals surface area contributed by atoms with Gasteiger partial charge in [0.15, 0.2) is 0 Å². The highest BCUT2D eigenvalue weighted by Gasteiger charge is 2.34. The van der Waals surface area contributed by atoms with Crippen LogP contribution in [0, 0.1) is 15.9 Å². The van der Waals surface area contributed by atoms with E-state index in [1.54, 1.807) is 12.1 Å². The molecule has 1 heterocycles. The van der Waals surface area contributed by atoms with Crippen molar-refractivity contribution in [1.29, 1.82) is 0 Å². The molecule has 0 bridgehead atoms. The van der Waals surface area contributed by atoms with Crippen molar-refractivity contribution < 1.29 is 23.7 Å². The summed E-state index contributed by atoms with van der Waals surface area (Å²) in [5.41, 5.74) is 0.302. The fourth-order valence-corrected chi connectivity index (χ4v) is 3.66. The summed E-state index contributed by atoms with van der Waals surface area (Å²) in [6, 6.07) is 11.8. The van der Waals surface area contributed by atoms with Gasteiger partial charge in [-0.1, -0.05) is 36.4 Å². The average molecular weight is 429 g/mol. The second-order valence-electron chi connectivity index (χ2n) is 6.27. The van der Waals surface area contributed by atoms with E-state index in [-0.39, 0.29) is 41.2 Å². The van der Waals surface area contributed by atoms with Crippen LogP contribution in [0.4, 0.5) is 14.9 Å². The SMILES string of the molecule is O=C(Cc1ccccc1[N+](=O)[O-])NCCN1C(=O)S/C(=C\c2ccccc2F)C1=O. The molecular weight excluding hydrogens is 413 g/mol. The first-order valence-electron chi connectivity index (χ1n) is 8.85. The molecule has 1 saturated heterocycles. The summed E-state index contributed by atoms with van der Waals surface area (Å²) in [6.07, 6.45) is 1.11. The highest BCUT2D eigenvalue weighted by molar-refractivity contribution is 8.18. The summed E-state index contributed by atoms with van der Waals surface area (Å²) in [5, 5.41) is 13.0. The molecule has 1 aliphatic rings. The Kier molecular flexibility index (Phi) is 6.58. The van der Waals surface area contributed by atoms with Crippen molar-refractivity contribution in [3.05, 3.63) is 80.5 Å². The van der Waals surface area contributed by atoms with Crippen LogP contribution in [0.25, 0.3) is 6.08 Å². The van der Waals surface area contributed by atoms with Crippen LogP contribution in [0.1, 0.15) is 11.1 Å². The first kappa shape index (κ1) is 21.2. The van der Waals surface area contributed by atoms with E-state index in [1.807, 2.05) is 0 Å². The number of para-hydroxylation sites is 1. The summed E-state index contributed by atoms with van der Waals surface area (Å²) < 4.78 is 13.8. The Morgan fingerprint density at radius 2 is 1.87 bits per heavy atom. The molecule has 2 aromatic carbocycles. The quantitative estimate of drug-likeness (QED) is 0.411. The lowest BCUT2D eigenvalue weighted by atomic mass is 10.1. The number of rotatable bonds is 7. The van der Waals surface area contributed by atoms with Gasteiger partial charge in [0.05, 0.1) is 16.2 Å². The molecule has 0 unspecified atom stereocenters. The zero-order valence-corrected chi connectivity index (χ0v) is 16.4. The number of carbonyl (C=O) groups excluding carboxylic acids is 3. The third kappa shape index (κ3) is 4.90. The van der Waals surface area contributed by atoms with Crippen LogP contribution in [0.3, 0.4) is 0 Å². The van der Waals surface area contributed by atoms with E-state index in [2.05, 4.69) is 5.32 Å². The number of thioether (sulfide) groups is 1. The molecule has 1 aliphatic heterocycles. The van der Waals surface area contributed by atoms with Gasteiger partial charge in [-0.3, -0.25) is 29.4 Å². The number of hydrogen-bond donors (Lipinski definition) is 1. The van der Waals surface area contributed by atoms with Crippen LogP contribution < -0.4 is 5.32 Å². The van der Waals surface area contributed by atoms with Gasteiger partial charge in [-0.25, -0.2) is 4.39 Å². The van der Waals surface area contributed by atoms with E-state index in [0.717, 1.165) is 4.90 Å². The van der Waals surface area contributed by atoms with Gasteiger partial charge in [-0.15, -0.1) is 0 Å². The fourth-order valence-electron chi connectivity index (χ4n) is 2.81. The lowest BCUT2D eigenvalue weighted by molar-refractivity contribution is -0.385. The second kappa shape index (κ2) is 9.31. The van der Waals surface area contributed by atoms with Gasteiger partial charge in [0.1, 0.15) is 5.82 Å². The molecule has 30 heavy (non-hydrogen) atoms. The fraction of sp³-hybridized carbons (Fsp3) is 0.150. The monoisotopic (exact) mass is 429 g/mol. The van der Waals surface area contributed by atoms with Gasteiger partial charge in [-0.05, 0) is 23.9 Å². The highest BCUT2D eigenvalue weighted by atomic mass is 32.2. The minimum Gasteiger partial charge on any atom is -0.354 e. The van der Waals surface area contributed by atoms with Crippen LogP contribution in [-0.4, -0.2) is 40.0 Å². The largest absolute Gasteiger partial charge is 0.354 e. The zero-order valence-electron chi connectivity index (χ0n) is 15.5. The van der Waals surface area contributed by atoms with Gasteiger partial charge in [0, 0.05) is 30.3 Å². The molecule has 3 amide bonds. The van der Waals surface area contributed by atoms with Crippen molar-refractivity contribution in [3.8, 4) is 0 Å². The predicted molar refractivity (Wildman–Crippen MR) is 109 cm³/mol. The van der Waals surface area contributed by atoms with Gasteiger partial charge >= 0.3 is 0 Å². The summed E-state index contributed by atoms with van der Waals surface area (Å²) >= 11 is 0.696. The summed E-state index contributed by atoms with van der Waals surface area (Å²) in [6.45, 7) is -0.0770. The molecule has 0 spiro atoms. The number of nitrogens with one attached hydrogen (secondary N) is 1. The first-order valence-corrected chi connectivity index (χ1v) is 9.67. The molecule has 8 nitrogen and oxygen atoms in total. The number of halogens is 1. The predicted octanol–water partition coefficient (Wildman–Crippen LogP) is 3.13. The van der Waals surface area contributed by atoms with Crippen molar-refractivity contribution in [3.63, 3.8) is 0 Å². The normalized spacial score (nSPS) is 15.0. The molecule has 0 aliphatic carbocycles. The lowest BCUT2D eigenvalue weighted by Crippen LogP contribution is -2.37. The number of imide groups is 1. The van der Waals surface area contributed by atoms with Crippen molar-refractivity contribution >= 4 is 40.6 Å². The Morgan fingerprint density at radius 1 is 1.17 bits per heavy atom. The number of nitro benzene ring substituents is 1. The molecule has 1 N–H and O–H groups in total. The van der Waals surface area contributed by atoms with Crippen LogP contribution in [0.2, 0.25) is 0 Å².